The predicted octanol–water partition coefficient (Wildman–Crippen LogP) is 3.06. The molecule has 0 aliphatic heterocycles. The molecule has 0 radical (unpaired) electrons. The van der Waals surface area contributed by atoms with Crippen LogP contribution in [0.5, 0.6) is 5.75 Å². The van der Waals surface area contributed by atoms with Gasteiger partial charge in [-0.05, 0) is 44.9 Å². The first-order chi connectivity index (χ1) is 12.4. The molecule has 0 spiro atoms. The topological polar surface area (TPSA) is 91.9 Å². The molecule has 0 aromatic carbocycles. The van der Waals surface area contributed by atoms with Gasteiger partial charge in [-0.25, -0.2) is 4.79 Å². The Balaban J connectivity index is 0.00000163. The molecule has 9 heteroatoms. The second-order valence-corrected chi connectivity index (χ2v) is 7.08. The van der Waals surface area contributed by atoms with Crippen molar-refractivity contribution < 1.29 is 31.9 Å². The van der Waals surface area contributed by atoms with Crippen LogP contribution in [0.1, 0.15) is 37.5 Å². The van der Waals surface area contributed by atoms with E-state index in [4.69, 9.17) is 20.1 Å². The number of nitrogens with zero attached hydrogens (tertiary/aromatic N) is 1. The van der Waals surface area contributed by atoms with E-state index < -0.39 is 5.63 Å². The summed E-state index contributed by atoms with van der Waals surface area (Å²) < 4.78 is 14.2. The second kappa shape index (κ2) is 11.5. The summed E-state index contributed by atoms with van der Waals surface area (Å²) in [6.07, 6.45) is 5.17. The Morgan fingerprint density at radius 2 is 2.15 bits per heavy atom. The quantitative estimate of drug-likeness (QED) is 0.367. The summed E-state index contributed by atoms with van der Waals surface area (Å²) in [5.74, 6) is 0.283. The van der Waals surface area contributed by atoms with Crippen molar-refractivity contribution >= 4 is 33.9 Å². The van der Waals surface area contributed by atoms with E-state index in [0.717, 1.165) is 42.3 Å². The van der Waals surface area contributed by atoms with Crippen LogP contribution in [0.25, 0.3) is 0 Å². The molecule has 6 nitrogen and oxygen atoms in total. The zero-order valence-corrected chi connectivity index (χ0v) is 18.4. The minimum absolute atomic E-state index is 0.0935. The number of thioether (sulfide) groups is 1. The third-order valence-electron chi connectivity index (χ3n) is 3.86. The van der Waals surface area contributed by atoms with Gasteiger partial charge in [0, 0.05) is 18.3 Å². The van der Waals surface area contributed by atoms with Crippen LogP contribution in [0.4, 0.5) is 0 Å². The van der Waals surface area contributed by atoms with Crippen molar-refractivity contribution in [2.75, 3.05) is 19.3 Å². The molecule has 143 valence electrons. The van der Waals surface area contributed by atoms with E-state index >= 15 is 0 Å². The van der Waals surface area contributed by atoms with Gasteiger partial charge in [-0.2, -0.15) is 0 Å². The van der Waals surface area contributed by atoms with E-state index in [0.29, 0.717) is 24.6 Å². The SMILES string of the molecule is CSC(=S)C1=C(NCCN=C(C)c2c(O)cc(C)oc2=O)CCC1.[O]=[99Tc]. The first kappa shape index (κ1) is 22.9. The Hall–Kier alpha value is -1.15. The van der Waals surface area contributed by atoms with Crippen LogP contribution in [0, 0.1) is 6.92 Å². The first-order valence-electron chi connectivity index (χ1n) is 7.98. The zero-order valence-electron chi connectivity index (χ0n) is 14.9. The molecule has 0 saturated heterocycles. The summed E-state index contributed by atoms with van der Waals surface area (Å²) in [5.41, 5.74) is 2.50. The fraction of sp³-hybridized carbons (Fsp3) is 0.471. The number of aromatic hydroxyl groups is 1. The standard InChI is InChI=1S/C17H22N2O3S2.O.Tc/c1-10-9-14(20)15(16(21)22-10)11(2)18-7-8-19-13-6-4-5-12(13)17(23)24-3;;/h9,19-20H,4-8H2,1-3H3;;/i;;1+1. The number of hydrogen-bond acceptors (Lipinski definition) is 8. The van der Waals surface area contributed by atoms with Crippen molar-refractivity contribution in [2.45, 2.75) is 33.1 Å². The predicted molar refractivity (Wildman–Crippen MR) is 104 cm³/mol. The molecule has 0 atom stereocenters. The molecular formula is C17H22N2O4S2Tc. The summed E-state index contributed by atoms with van der Waals surface area (Å²) in [7, 11) is 0. The normalized spacial score (nSPS) is 14.0. The van der Waals surface area contributed by atoms with Gasteiger partial charge in [0.1, 0.15) is 17.1 Å². The van der Waals surface area contributed by atoms with Gasteiger partial charge in [-0.3, -0.25) is 4.99 Å². The van der Waals surface area contributed by atoms with Gasteiger partial charge >= 0.3 is 28.0 Å². The molecule has 0 unspecified atom stereocenters. The molecule has 0 saturated carbocycles. The molecule has 1 heterocycles. The van der Waals surface area contributed by atoms with Crippen molar-refractivity contribution in [3.05, 3.63) is 39.1 Å². The number of rotatable bonds is 6. The average molecular weight is 481 g/mol. The van der Waals surface area contributed by atoms with Crippen LogP contribution in [-0.2, 0) is 22.4 Å². The van der Waals surface area contributed by atoms with Crippen LogP contribution in [0.15, 0.2) is 31.5 Å². The van der Waals surface area contributed by atoms with E-state index in [1.165, 1.54) is 17.3 Å². The van der Waals surface area contributed by atoms with Crippen molar-refractivity contribution in [1.29, 1.82) is 0 Å². The zero-order chi connectivity index (χ0) is 19.7. The molecule has 0 bridgehead atoms. The Kier molecular flexibility index (Phi) is 10.2. The van der Waals surface area contributed by atoms with Gasteiger partial charge in [0.05, 0.1) is 16.5 Å². The molecule has 1 aliphatic carbocycles. The fourth-order valence-electron chi connectivity index (χ4n) is 2.73. The van der Waals surface area contributed by atoms with E-state index in [-0.39, 0.29) is 11.3 Å². The maximum absolute atomic E-state index is 11.8. The molecule has 1 aliphatic rings. The van der Waals surface area contributed by atoms with Crippen LogP contribution in [0.2, 0.25) is 0 Å². The molecule has 2 N–H and O–H groups in total. The van der Waals surface area contributed by atoms with Gasteiger partial charge in [0.15, 0.2) is 0 Å². The number of allylic oxidation sites excluding steroid dienone is 1. The van der Waals surface area contributed by atoms with Crippen molar-refractivity contribution in [1.82, 2.24) is 5.32 Å². The van der Waals surface area contributed by atoms with Crippen LogP contribution in [-0.4, -0.2) is 34.4 Å². The number of hydrogen-bond donors (Lipinski definition) is 2. The van der Waals surface area contributed by atoms with E-state index in [1.807, 2.05) is 6.26 Å². The summed E-state index contributed by atoms with van der Waals surface area (Å²) in [6, 6.07) is 1.42. The van der Waals surface area contributed by atoms with Crippen LogP contribution < -0.4 is 10.9 Å². The van der Waals surface area contributed by atoms with E-state index in [2.05, 4.69) is 10.3 Å². The minimum atomic E-state index is -0.562. The van der Waals surface area contributed by atoms with E-state index in [9.17, 15) is 9.90 Å². The van der Waals surface area contributed by atoms with Crippen LogP contribution >= 0.6 is 24.0 Å². The number of aliphatic imine (C=N–C) groups is 1. The van der Waals surface area contributed by atoms with Crippen molar-refractivity contribution in [2.24, 2.45) is 4.99 Å². The molecule has 2 rings (SSSR count). The van der Waals surface area contributed by atoms with Crippen molar-refractivity contribution in [3.8, 4) is 5.75 Å². The molecule has 1 aromatic heterocycles. The third-order valence-corrected chi connectivity index (χ3v) is 5.23. The van der Waals surface area contributed by atoms with Crippen molar-refractivity contribution in [3.63, 3.8) is 0 Å². The van der Waals surface area contributed by atoms with Gasteiger partial charge in [-0.15, -0.1) is 11.8 Å². The van der Waals surface area contributed by atoms with E-state index in [1.54, 1.807) is 25.6 Å². The molecule has 0 amide bonds. The summed E-state index contributed by atoms with van der Waals surface area (Å²) >= 11 is 7.88. The molecule has 0 fully saturated rings. The Morgan fingerprint density at radius 1 is 1.46 bits per heavy atom. The number of thiocarbonyl (C=S) groups is 1. The maximum atomic E-state index is 11.8. The Morgan fingerprint density at radius 3 is 2.77 bits per heavy atom. The van der Waals surface area contributed by atoms with Gasteiger partial charge in [-0.1, -0.05) is 12.2 Å². The fourth-order valence-corrected chi connectivity index (χ4v) is 3.42. The Labute approximate surface area is 173 Å². The number of nitrogens with one attached hydrogen (secondary N) is 1. The third kappa shape index (κ3) is 6.23. The molecule has 1 aromatic rings. The van der Waals surface area contributed by atoms with Gasteiger partial charge in [0.25, 0.3) is 0 Å². The van der Waals surface area contributed by atoms with Gasteiger partial charge < -0.3 is 14.8 Å². The summed E-state index contributed by atoms with van der Waals surface area (Å²) in [4.78, 5) is 16.2. The average Bonchev–Trinajstić information content (AvgIpc) is 3.07. The summed E-state index contributed by atoms with van der Waals surface area (Å²) in [6.45, 7) is 4.48. The summed E-state index contributed by atoms with van der Waals surface area (Å²) in [5, 5.41) is 13.3. The van der Waals surface area contributed by atoms with Crippen LogP contribution in [0.3, 0.4) is 0 Å². The molecular weight excluding hydrogens is 459 g/mol. The Bertz CT molecular complexity index is 775. The number of aryl methyl sites for hydroxylation is 1. The second-order valence-electron chi connectivity index (χ2n) is 5.60. The first-order valence-corrected chi connectivity index (χ1v) is 10.4. The monoisotopic (exact) mass is 481 g/mol. The van der Waals surface area contributed by atoms with Gasteiger partial charge in [0.2, 0.25) is 0 Å². The molecule has 26 heavy (non-hydrogen) atoms.